The number of rotatable bonds is 1. The van der Waals surface area contributed by atoms with E-state index >= 15 is 0 Å². The van der Waals surface area contributed by atoms with Crippen LogP contribution in [0.15, 0.2) is 42.5 Å². The van der Waals surface area contributed by atoms with Crippen LogP contribution >= 0.6 is 0 Å². The van der Waals surface area contributed by atoms with Gasteiger partial charge in [0.25, 0.3) is 5.91 Å². The molecule has 1 aliphatic heterocycles. The van der Waals surface area contributed by atoms with Crippen molar-refractivity contribution in [3.63, 3.8) is 0 Å². The maximum atomic E-state index is 13.9. The number of para-hydroxylation sites is 1. The molecule has 1 aliphatic rings. The van der Waals surface area contributed by atoms with E-state index in [1.54, 1.807) is 24.3 Å². The Morgan fingerprint density at radius 1 is 1.25 bits per heavy atom. The largest absolute Gasteiger partial charge is 0.305 e. The van der Waals surface area contributed by atoms with Crippen LogP contribution in [0.1, 0.15) is 21.5 Å². The number of halogens is 1. The third kappa shape index (κ3) is 1.94. The summed E-state index contributed by atoms with van der Waals surface area (Å²) in [5.74, 6) is -0.657. The van der Waals surface area contributed by atoms with E-state index in [4.69, 9.17) is 5.26 Å². The summed E-state index contributed by atoms with van der Waals surface area (Å²) in [4.78, 5) is 13.9. The van der Waals surface area contributed by atoms with Gasteiger partial charge in [0, 0.05) is 12.1 Å². The standard InChI is InChI=1S/C16H11FN2O/c17-14-6-2-4-12-7-8-19(15(12)14)16(20)13-5-1-3-11(9-13)10-18/h1-6,9H,7-8H2. The molecule has 0 aromatic heterocycles. The number of nitrogens with zero attached hydrogens (tertiary/aromatic N) is 2. The first-order chi connectivity index (χ1) is 9.70. The molecule has 0 atom stereocenters. The highest BCUT2D eigenvalue weighted by Gasteiger charge is 2.28. The maximum Gasteiger partial charge on any atom is 0.258 e. The molecule has 20 heavy (non-hydrogen) atoms. The Bertz CT molecular complexity index is 733. The van der Waals surface area contributed by atoms with E-state index in [1.165, 1.54) is 17.0 Å². The minimum Gasteiger partial charge on any atom is -0.305 e. The zero-order valence-corrected chi connectivity index (χ0v) is 10.6. The van der Waals surface area contributed by atoms with Crippen molar-refractivity contribution in [1.29, 1.82) is 5.26 Å². The molecule has 0 radical (unpaired) electrons. The first-order valence-electron chi connectivity index (χ1n) is 6.30. The summed E-state index contributed by atoms with van der Waals surface area (Å²) in [6, 6.07) is 13.3. The molecular weight excluding hydrogens is 255 g/mol. The van der Waals surface area contributed by atoms with E-state index in [0.29, 0.717) is 29.8 Å². The van der Waals surface area contributed by atoms with Gasteiger partial charge in [0.1, 0.15) is 5.82 Å². The summed E-state index contributed by atoms with van der Waals surface area (Å²) >= 11 is 0. The van der Waals surface area contributed by atoms with E-state index in [1.807, 2.05) is 12.1 Å². The fraction of sp³-hybridized carbons (Fsp3) is 0.125. The number of fused-ring (bicyclic) bond motifs is 1. The van der Waals surface area contributed by atoms with Crippen LogP contribution in [0.2, 0.25) is 0 Å². The Kier molecular flexibility index (Phi) is 2.96. The zero-order valence-electron chi connectivity index (χ0n) is 10.6. The predicted molar refractivity (Wildman–Crippen MR) is 72.9 cm³/mol. The smallest absolute Gasteiger partial charge is 0.258 e. The summed E-state index contributed by atoms with van der Waals surface area (Å²) in [7, 11) is 0. The van der Waals surface area contributed by atoms with E-state index in [0.717, 1.165) is 5.56 Å². The van der Waals surface area contributed by atoms with Gasteiger partial charge in [-0.2, -0.15) is 5.26 Å². The number of anilines is 1. The van der Waals surface area contributed by atoms with Gasteiger partial charge < -0.3 is 4.90 Å². The number of amides is 1. The fourth-order valence-electron chi connectivity index (χ4n) is 2.49. The van der Waals surface area contributed by atoms with Crippen LogP contribution in [0, 0.1) is 17.1 Å². The summed E-state index contributed by atoms with van der Waals surface area (Å²) in [6.45, 7) is 0.464. The normalized spacial score (nSPS) is 12.9. The quantitative estimate of drug-likeness (QED) is 0.796. The zero-order chi connectivity index (χ0) is 14.1. The lowest BCUT2D eigenvalue weighted by atomic mass is 10.1. The van der Waals surface area contributed by atoms with Gasteiger partial charge >= 0.3 is 0 Å². The summed E-state index contributed by atoms with van der Waals surface area (Å²) < 4.78 is 13.9. The summed E-state index contributed by atoms with van der Waals surface area (Å²) in [5.41, 5.74) is 2.03. The highest BCUT2D eigenvalue weighted by molar-refractivity contribution is 6.07. The van der Waals surface area contributed by atoms with Gasteiger partial charge in [-0.1, -0.05) is 18.2 Å². The van der Waals surface area contributed by atoms with E-state index in [-0.39, 0.29) is 11.7 Å². The molecule has 0 saturated carbocycles. The SMILES string of the molecule is N#Cc1cccc(C(=O)N2CCc3cccc(F)c32)c1. The Morgan fingerprint density at radius 3 is 2.85 bits per heavy atom. The lowest BCUT2D eigenvalue weighted by Crippen LogP contribution is -2.29. The van der Waals surface area contributed by atoms with Crippen LogP contribution in [0.4, 0.5) is 10.1 Å². The van der Waals surface area contributed by atoms with E-state index in [2.05, 4.69) is 0 Å². The maximum absolute atomic E-state index is 13.9. The number of nitriles is 1. The lowest BCUT2D eigenvalue weighted by molar-refractivity contribution is 0.0988. The molecule has 0 unspecified atom stereocenters. The van der Waals surface area contributed by atoms with Gasteiger partial charge in [-0.05, 0) is 36.2 Å². The minimum absolute atomic E-state index is 0.272. The van der Waals surface area contributed by atoms with Crippen molar-refractivity contribution in [3.8, 4) is 6.07 Å². The van der Waals surface area contributed by atoms with Gasteiger partial charge in [-0.3, -0.25) is 4.79 Å². The Balaban J connectivity index is 2.00. The van der Waals surface area contributed by atoms with Gasteiger partial charge in [-0.25, -0.2) is 4.39 Å². The lowest BCUT2D eigenvalue weighted by Gasteiger charge is -2.18. The molecule has 2 aromatic rings. The van der Waals surface area contributed by atoms with Crippen LogP contribution in [-0.4, -0.2) is 12.5 Å². The van der Waals surface area contributed by atoms with Crippen LogP contribution in [0.25, 0.3) is 0 Å². The number of hydrogen-bond donors (Lipinski definition) is 0. The molecule has 3 rings (SSSR count). The molecule has 0 bridgehead atoms. The molecule has 0 spiro atoms. The minimum atomic E-state index is -0.384. The second-order valence-corrected chi connectivity index (χ2v) is 4.65. The number of carbonyl (C=O) groups excluding carboxylic acids is 1. The van der Waals surface area contributed by atoms with Crippen LogP contribution in [0.5, 0.6) is 0 Å². The van der Waals surface area contributed by atoms with Crippen LogP contribution in [0.3, 0.4) is 0 Å². The van der Waals surface area contributed by atoms with Crippen molar-refractivity contribution in [3.05, 3.63) is 65.0 Å². The molecule has 2 aromatic carbocycles. The Labute approximate surface area is 115 Å². The third-order valence-corrected chi connectivity index (χ3v) is 3.43. The van der Waals surface area contributed by atoms with E-state index in [9.17, 15) is 9.18 Å². The molecule has 1 heterocycles. The predicted octanol–water partition coefficient (Wildman–Crippen LogP) is 2.90. The van der Waals surface area contributed by atoms with Crippen molar-refractivity contribution >= 4 is 11.6 Å². The van der Waals surface area contributed by atoms with Crippen molar-refractivity contribution in [2.24, 2.45) is 0 Å². The molecule has 98 valence electrons. The topological polar surface area (TPSA) is 44.1 Å². The van der Waals surface area contributed by atoms with Gasteiger partial charge in [0.2, 0.25) is 0 Å². The van der Waals surface area contributed by atoms with Crippen LogP contribution < -0.4 is 4.90 Å². The molecule has 1 amide bonds. The summed E-state index contributed by atoms with van der Waals surface area (Å²) in [5, 5.41) is 8.88. The Morgan fingerprint density at radius 2 is 2.05 bits per heavy atom. The van der Waals surface area contributed by atoms with Gasteiger partial charge in [0.05, 0.1) is 17.3 Å². The highest BCUT2D eigenvalue weighted by atomic mass is 19.1. The van der Waals surface area contributed by atoms with Crippen molar-refractivity contribution in [2.45, 2.75) is 6.42 Å². The van der Waals surface area contributed by atoms with Crippen LogP contribution in [-0.2, 0) is 6.42 Å². The second-order valence-electron chi connectivity index (χ2n) is 4.65. The highest BCUT2D eigenvalue weighted by Crippen LogP contribution is 2.31. The average Bonchev–Trinajstić information content (AvgIpc) is 2.92. The molecule has 0 saturated heterocycles. The molecule has 0 N–H and O–H groups in total. The molecular formula is C16H11FN2O. The van der Waals surface area contributed by atoms with E-state index < -0.39 is 0 Å². The number of carbonyl (C=O) groups is 1. The number of hydrogen-bond acceptors (Lipinski definition) is 2. The summed E-state index contributed by atoms with van der Waals surface area (Å²) in [6.07, 6.45) is 0.650. The monoisotopic (exact) mass is 266 g/mol. The fourth-order valence-corrected chi connectivity index (χ4v) is 2.49. The second kappa shape index (κ2) is 4.78. The molecule has 3 nitrogen and oxygen atoms in total. The van der Waals surface area contributed by atoms with Crippen molar-refractivity contribution in [1.82, 2.24) is 0 Å². The van der Waals surface area contributed by atoms with Gasteiger partial charge in [-0.15, -0.1) is 0 Å². The van der Waals surface area contributed by atoms with Crippen molar-refractivity contribution in [2.75, 3.05) is 11.4 Å². The number of benzene rings is 2. The van der Waals surface area contributed by atoms with Crippen molar-refractivity contribution < 1.29 is 9.18 Å². The average molecular weight is 266 g/mol. The molecule has 4 heteroatoms. The first-order valence-corrected chi connectivity index (χ1v) is 6.30. The molecule has 0 fully saturated rings. The molecule has 0 aliphatic carbocycles. The Hall–Kier alpha value is -2.67. The first kappa shape index (κ1) is 12.4. The van der Waals surface area contributed by atoms with Gasteiger partial charge in [0.15, 0.2) is 0 Å². The third-order valence-electron chi connectivity index (χ3n) is 3.43.